The Labute approximate surface area is 178 Å². The predicted molar refractivity (Wildman–Crippen MR) is 119 cm³/mol. The molecule has 7 heteroatoms. The maximum absolute atomic E-state index is 9.94. The lowest BCUT2D eigenvalue weighted by Crippen LogP contribution is -2.38. The molecule has 0 spiro atoms. The number of aromatic hydroxyl groups is 1. The van der Waals surface area contributed by atoms with Crippen molar-refractivity contribution in [1.82, 2.24) is 10.6 Å². The maximum Gasteiger partial charge on any atom is 0.191 e. The van der Waals surface area contributed by atoms with Gasteiger partial charge in [0.1, 0.15) is 11.5 Å². The standard InChI is InChI=1S/C20H27N3O3.HI/c1-3-21-20(22-11-12-26-15-16-7-5-4-6-8-16)23-14-17-13-18(25-2)9-10-19(17)24;/h4-10,13,24H,3,11-12,14-15H2,1-2H3,(H2,21,22,23);1H. The third-order valence-electron chi connectivity index (χ3n) is 3.69. The summed E-state index contributed by atoms with van der Waals surface area (Å²) < 4.78 is 10.8. The van der Waals surface area contributed by atoms with Gasteiger partial charge in [0.05, 0.1) is 26.9 Å². The van der Waals surface area contributed by atoms with Crippen LogP contribution >= 0.6 is 24.0 Å². The van der Waals surface area contributed by atoms with Crippen molar-refractivity contribution in [2.24, 2.45) is 4.99 Å². The first-order chi connectivity index (χ1) is 12.7. The van der Waals surface area contributed by atoms with E-state index in [0.717, 1.165) is 12.1 Å². The van der Waals surface area contributed by atoms with Crippen LogP contribution in [0.2, 0.25) is 0 Å². The Morgan fingerprint density at radius 3 is 2.59 bits per heavy atom. The molecule has 6 nitrogen and oxygen atoms in total. The van der Waals surface area contributed by atoms with Crippen LogP contribution in [0.5, 0.6) is 11.5 Å². The van der Waals surface area contributed by atoms with E-state index in [1.165, 1.54) is 0 Å². The highest BCUT2D eigenvalue weighted by molar-refractivity contribution is 14.0. The number of methoxy groups -OCH3 is 1. The van der Waals surface area contributed by atoms with Gasteiger partial charge in [-0.15, -0.1) is 24.0 Å². The Hall–Kier alpha value is -2.00. The monoisotopic (exact) mass is 485 g/mol. The summed E-state index contributed by atoms with van der Waals surface area (Å²) in [7, 11) is 1.60. The summed E-state index contributed by atoms with van der Waals surface area (Å²) in [6.45, 7) is 4.91. The van der Waals surface area contributed by atoms with Gasteiger partial charge in [-0.05, 0) is 30.7 Å². The fourth-order valence-corrected chi connectivity index (χ4v) is 2.33. The zero-order chi connectivity index (χ0) is 18.6. The van der Waals surface area contributed by atoms with Gasteiger partial charge in [-0.2, -0.15) is 0 Å². The molecule has 2 aromatic rings. The molecule has 148 valence electrons. The molecule has 0 aliphatic heterocycles. The maximum atomic E-state index is 9.94. The van der Waals surface area contributed by atoms with Crippen molar-refractivity contribution in [1.29, 1.82) is 0 Å². The third-order valence-corrected chi connectivity index (χ3v) is 3.69. The molecule has 2 aromatic carbocycles. The molecule has 27 heavy (non-hydrogen) atoms. The Bertz CT molecular complexity index is 696. The fraction of sp³-hybridized carbons (Fsp3) is 0.350. The summed E-state index contributed by atoms with van der Waals surface area (Å²) >= 11 is 0. The topological polar surface area (TPSA) is 75.1 Å². The summed E-state index contributed by atoms with van der Waals surface area (Å²) in [6.07, 6.45) is 0. The molecule has 0 unspecified atom stereocenters. The summed E-state index contributed by atoms with van der Waals surface area (Å²) in [4.78, 5) is 4.50. The van der Waals surface area contributed by atoms with Crippen LogP contribution in [-0.4, -0.2) is 37.9 Å². The average molecular weight is 485 g/mol. The molecule has 0 aliphatic rings. The number of ether oxygens (including phenoxy) is 2. The smallest absolute Gasteiger partial charge is 0.191 e. The lowest BCUT2D eigenvalue weighted by atomic mass is 10.2. The number of nitrogens with one attached hydrogen (secondary N) is 2. The SMILES string of the molecule is CCNC(=NCc1cc(OC)ccc1O)NCCOCc1ccccc1.I. The summed E-state index contributed by atoms with van der Waals surface area (Å²) in [5.74, 6) is 1.58. The van der Waals surface area contributed by atoms with Gasteiger partial charge >= 0.3 is 0 Å². The first kappa shape index (κ1) is 23.0. The second-order valence-corrected chi connectivity index (χ2v) is 5.65. The number of hydrogen-bond donors (Lipinski definition) is 3. The van der Waals surface area contributed by atoms with Crippen LogP contribution in [0.3, 0.4) is 0 Å². The van der Waals surface area contributed by atoms with Crippen LogP contribution in [0.4, 0.5) is 0 Å². The minimum Gasteiger partial charge on any atom is -0.508 e. The van der Waals surface area contributed by atoms with Gasteiger partial charge in [-0.3, -0.25) is 0 Å². The van der Waals surface area contributed by atoms with E-state index in [0.29, 0.717) is 43.6 Å². The van der Waals surface area contributed by atoms with Crippen LogP contribution in [0.1, 0.15) is 18.1 Å². The van der Waals surface area contributed by atoms with E-state index in [9.17, 15) is 5.11 Å². The van der Waals surface area contributed by atoms with E-state index in [1.54, 1.807) is 25.3 Å². The van der Waals surface area contributed by atoms with Crippen molar-refractivity contribution >= 4 is 29.9 Å². The van der Waals surface area contributed by atoms with E-state index in [4.69, 9.17) is 9.47 Å². The number of nitrogens with zero attached hydrogens (tertiary/aromatic N) is 1. The highest BCUT2D eigenvalue weighted by atomic mass is 127. The number of guanidine groups is 1. The van der Waals surface area contributed by atoms with E-state index in [2.05, 4.69) is 15.6 Å². The zero-order valence-corrected chi connectivity index (χ0v) is 18.1. The van der Waals surface area contributed by atoms with E-state index in [-0.39, 0.29) is 29.7 Å². The van der Waals surface area contributed by atoms with Crippen molar-refractivity contribution in [2.75, 3.05) is 26.8 Å². The number of hydrogen-bond acceptors (Lipinski definition) is 4. The van der Waals surface area contributed by atoms with Gasteiger partial charge in [0.15, 0.2) is 5.96 Å². The highest BCUT2D eigenvalue weighted by Crippen LogP contribution is 2.23. The lowest BCUT2D eigenvalue weighted by Gasteiger charge is -2.12. The number of phenolic OH excluding ortho intramolecular Hbond substituents is 1. The summed E-state index contributed by atoms with van der Waals surface area (Å²) in [5, 5.41) is 16.3. The van der Waals surface area contributed by atoms with Crippen molar-refractivity contribution in [3.63, 3.8) is 0 Å². The minimum absolute atomic E-state index is 0. The summed E-state index contributed by atoms with van der Waals surface area (Å²) in [5.41, 5.74) is 1.86. The van der Waals surface area contributed by atoms with Crippen LogP contribution in [0, 0.1) is 0 Å². The molecule has 2 rings (SSSR count). The zero-order valence-electron chi connectivity index (χ0n) is 15.8. The van der Waals surface area contributed by atoms with Crippen molar-refractivity contribution in [2.45, 2.75) is 20.1 Å². The van der Waals surface area contributed by atoms with E-state index >= 15 is 0 Å². The molecule has 0 aliphatic carbocycles. The molecule has 0 heterocycles. The van der Waals surface area contributed by atoms with Gasteiger partial charge in [-0.25, -0.2) is 4.99 Å². The Kier molecular flexibility index (Phi) is 11.3. The number of aliphatic imine (C=N–C) groups is 1. The van der Waals surface area contributed by atoms with Crippen LogP contribution in [0.15, 0.2) is 53.5 Å². The van der Waals surface area contributed by atoms with Gasteiger partial charge in [0.2, 0.25) is 0 Å². The molecule has 0 saturated heterocycles. The van der Waals surface area contributed by atoms with Crippen molar-refractivity contribution < 1.29 is 14.6 Å². The number of halogens is 1. The van der Waals surface area contributed by atoms with Crippen molar-refractivity contribution in [3.05, 3.63) is 59.7 Å². The average Bonchev–Trinajstić information content (AvgIpc) is 2.67. The first-order valence-electron chi connectivity index (χ1n) is 8.72. The Morgan fingerprint density at radius 2 is 1.89 bits per heavy atom. The largest absolute Gasteiger partial charge is 0.508 e. The molecule has 0 atom stereocenters. The third kappa shape index (κ3) is 8.49. The Morgan fingerprint density at radius 1 is 1.11 bits per heavy atom. The predicted octanol–water partition coefficient (Wildman–Crippen LogP) is 3.29. The van der Waals surface area contributed by atoms with Gasteiger partial charge in [0.25, 0.3) is 0 Å². The van der Waals surface area contributed by atoms with Gasteiger partial charge in [-0.1, -0.05) is 30.3 Å². The molecule has 0 radical (unpaired) electrons. The van der Waals surface area contributed by atoms with Crippen LogP contribution < -0.4 is 15.4 Å². The Balaban J connectivity index is 0.00000364. The normalized spacial score (nSPS) is 10.8. The first-order valence-corrected chi connectivity index (χ1v) is 8.72. The van der Waals surface area contributed by atoms with Gasteiger partial charge < -0.3 is 25.2 Å². The molecular formula is C20H28IN3O3. The van der Waals surface area contributed by atoms with Crippen molar-refractivity contribution in [3.8, 4) is 11.5 Å². The second-order valence-electron chi connectivity index (χ2n) is 5.65. The number of benzene rings is 2. The van der Waals surface area contributed by atoms with Gasteiger partial charge in [0, 0.05) is 18.7 Å². The molecule has 3 N–H and O–H groups in total. The molecule has 0 saturated carbocycles. The van der Waals surface area contributed by atoms with Crippen LogP contribution in [-0.2, 0) is 17.9 Å². The molecule has 0 fully saturated rings. The number of rotatable bonds is 9. The molecule has 0 amide bonds. The lowest BCUT2D eigenvalue weighted by molar-refractivity contribution is 0.125. The highest BCUT2D eigenvalue weighted by Gasteiger charge is 2.04. The minimum atomic E-state index is 0. The molecular weight excluding hydrogens is 457 g/mol. The van der Waals surface area contributed by atoms with E-state index < -0.39 is 0 Å². The quantitative estimate of drug-likeness (QED) is 0.220. The van der Waals surface area contributed by atoms with Crippen LogP contribution in [0.25, 0.3) is 0 Å². The summed E-state index contributed by atoms with van der Waals surface area (Å²) in [6, 6.07) is 15.2. The fourth-order valence-electron chi connectivity index (χ4n) is 2.33. The number of phenols is 1. The second kappa shape index (κ2) is 13.2. The van der Waals surface area contributed by atoms with E-state index in [1.807, 2.05) is 37.3 Å². The molecule has 0 aromatic heterocycles. The molecule has 0 bridgehead atoms.